The van der Waals surface area contributed by atoms with Crippen molar-refractivity contribution in [3.05, 3.63) is 36.5 Å². The van der Waals surface area contributed by atoms with Crippen LogP contribution in [0.1, 0.15) is 71.1 Å². The minimum atomic E-state index is -0.695. The normalized spacial score (nSPS) is 12.1. The van der Waals surface area contributed by atoms with Gasteiger partial charge < -0.3 is 5.11 Å². The van der Waals surface area contributed by atoms with Gasteiger partial charge in [-0.15, -0.1) is 0 Å². The lowest BCUT2D eigenvalue weighted by Gasteiger charge is -1.92. The first kappa shape index (κ1) is 18.7. The smallest absolute Gasteiger partial charge is 0.303 e. The molecule has 0 radical (unpaired) electrons. The van der Waals surface area contributed by atoms with Gasteiger partial charge in [-0.2, -0.15) is 0 Å². The lowest BCUT2D eigenvalue weighted by molar-refractivity contribution is -0.137. The third-order valence-corrected chi connectivity index (χ3v) is 3.03. The van der Waals surface area contributed by atoms with Crippen LogP contribution in [0.4, 0.5) is 0 Å². The molecule has 0 aliphatic carbocycles. The third kappa shape index (κ3) is 16.7. The van der Waals surface area contributed by atoms with Crippen LogP contribution in [0.5, 0.6) is 0 Å². The van der Waals surface area contributed by atoms with Crippen LogP contribution in [0, 0.1) is 0 Å². The Morgan fingerprint density at radius 3 is 1.80 bits per heavy atom. The molecule has 20 heavy (non-hydrogen) atoms. The highest BCUT2D eigenvalue weighted by Crippen LogP contribution is 2.02. The van der Waals surface area contributed by atoms with Crippen molar-refractivity contribution < 1.29 is 9.90 Å². The molecular weight excluding hydrogens is 248 g/mol. The van der Waals surface area contributed by atoms with Crippen molar-refractivity contribution in [1.82, 2.24) is 0 Å². The number of allylic oxidation sites excluding steroid dienone is 6. The highest BCUT2D eigenvalue weighted by atomic mass is 16.4. The molecule has 114 valence electrons. The molecule has 2 heteroatoms. The summed E-state index contributed by atoms with van der Waals surface area (Å²) in [6, 6.07) is 0. The van der Waals surface area contributed by atoms with E-state index in [9.17, 15) is 4.79 Å². The predicted octanol–water partition coefficient (Wildman–Crippen LogP) is 5.66. The Labute approximate surface area is 124 Å². The molecule has 0 saturated carbocycles. The predicted molar refractivity (Wildman–Crippen MR) is 86.9 cm³/mol. The molecule has 0 saturated heterocycles. The molecule has 0 aromatic carbocycles. The maximum atomic E-state index is 10.3. The summed E-state index contributed by atoms with van der Waals surface area (Å²) in [5.41, 5.74) is 0. The number of carboxylic acids is 1. The van der Waals surface area contributed by atoms with E-state index in [2.05, 4.69) is 43.4 Å². The Hall–Kier alpha value is -1.31. The van der Waals surface area contributed by atoms with E-state index in [1.165, 1.54) is 25.7 Å². The Bertz CT molecular complexity index is 301. The molecule has 0 aliphatic heterocycles. The molecule has 0 atom stereocenters. The van der Waals surface area contributed by atoms with Crippen LogP contribution in [0.15, 0.2) is 36.5 Å². The number of hydrogen-bond acceptors (Lipinski definition) is 1. The van der Waals surface area contributed by atoms with Crippen LogP contribution in [0.2, 0.25) is 0 Å². The molecule has 0 aliphatic rings. The van der Waals surface area contributed by atoms with Crippen molar-refractivity contribution in [2.24, 2.45) is 0 Å². The maximum Gasteiger partial charge on any atom is 0.303 e. The Morgan fingerprint density at radius 1 is 0.800 bits per heavy atom. The van der Waals surface area contributed by atoms with Crippen LogP contribution in [0.3, 0.4) is 0 Å². The molecule has 0 spiro atoms. The zero-order chi connectivity index (χ0) is 14.9. The highest BCUT2D eigenvalue weighted by Gasteiger charge is 1.93. The van der Waals surface area contributed by atoms with Gasteiger partial charge in [-0.1, -0.05) is 56.2 Å². The lowest BCUT2D eigenvalue weighted by Crippen LogP contribution is -1.92. The maximum absolute atomic E-state index is 10.3. The van der Waals surface area contributed by atoms with Crippen molar-refractivity contribution in [2.75, 3.05) is 0 Å². The minimum absolute atomic E-state index is 0.290. The van der Waals surface area contributed by atoms with E-state index in [0.29, 0.717) is 6.42 Å². The van der Waals surface area contributed by atoms with Gasteiger partial charge in [0.15, 0.2) is 0 Å². The Balaban J connectivity index is 3.32. The molecule has 0 heterocycles. The van der Waals surface area contributed by atoms with Crippen LogP contribution in [-0.2, 0) is 4.79 Å². The second kappa shape index (κ2) is 15.7. The van der Waals surface area contributed by atoms with E-state index < -0.39 is 5.97 Å². The molecule has 0 amide bonds. The summed E-state index contributed by atoms with van der Waals surface area (Å²) in [6.07, 6.45) is 23.3. The van der Waals surface area contributed by atoms with Crippen molar-refractivity contribution in [1.29, 1.82) is 0 Å². The topological polar surface area (TPSA) is 37.3 Å². The highest BCUT2D eigenvalue weighted by molar-refractivity contribution is 5.66. The average molecular weight is 278 g/mol. The van der Waals surface area contributed by atoms with E-state index in [0.717, 1.165) is 32.1 Å². The summed E-state index contributed by atoms with van der Waals surface area (Å²) < 4.78 is 0. The van der Waals surface area contributed by atoms with Crippen LogP contribution >= 0.6 is 0 Å². The summed E-state index contributed by atoms with van der Waals surface area (Å²) in [6.45, 7) is 2.23. The van der Waals surface area contributed by atoms with Crippen LogP contribution in [-0.4, -0.2) is 11.1 Å². The Kier molecular flexibility index (Phi) is 14.7. The van der Waals surface area contributed by atoms with E-state index in [1.807, 2.05) is 0 Å². The Morgan fingerprint density at radius 2 is 1.30 bits per heavy atom. The van der Waals surface area contributed by atoms with Gasteiger partial charge in [0.2, 0.25) is 0 Å². The van der Waals surface area contributed by atoms with Gasteiger partial charge in [0, 0.05) is 6.42 Å². The van der Waals surface area contributed by atoms with Gasteiger partial charge in [-0.05, 0) is 44.9 Å². The van der Waals surface area contributed by atoms with Crippen molar-refractivity contribution in [3.8, 4) is 0 Å². The third-order valence-electron chi connectivity index (χ3n) is 3.03. The van der Waals surface area contributed by atoms with E-state index in [4.69, 9.17) is 5.11 Å². The quantitative estimate of drug-likeness (QED) is 0.348. The van der Waals surface area contributed by atoms with Gasteiger partial charge >= 0.3 is 5.97 Å². The first-order valence-corrected chi connectivity index (χ1v) is 7.94. The molecular formula is C18H30O2. The number of aliphatic carboxylic acids is 1. The SMILES string of the molecule is CCCCC/C=C/C/C=C/C/C=C\CCCCC(=O)O. The lowest BCUT2D eigenvalue weighted by atomic mass is 10.2. The van der Waals surface area contributed by atoms with Gasteiger partial charge in [0.25, 0.3) is 0 Å². The zero-order valence-corrected chi connectivity index (χ0v) is 12.9. The monoisotopic (exact) mass is 278 g/mol. The molecule has 0 aromatic rings. The van der Waals surface area contributed by atoms with Crippen molar-refractivity contribution in [3.63, 3.8) is 0 Å². The summed E-state index contributed by atoms with van der Waals surface area (Å²) in [5.74, 6) is -0.695. The van der Waals surface area contributed by atoms with Crippen LogP contribution < -0.4 is 0 Å². The fourth-order valence-corrected chi connectivity index (χ4v) is 1.83. The number of carbonyl (C=O) groups is 1. The molecule has 0 bridgehead atoms. The van der Waals surface area contributed by atoms with Gasteiger partial charge in [0.1, 0.15) is 0 Å². The molecule has 0 unspecified atom stereocenters. The number of unbranched alkanes of at least 4 members (excludes halogenated alkanes) is 5. The van der Waals surface area contributed by atoms with Crippen LogP contribution in [0.25, 0.3) is 0 Å². The fourth-order valence-electron chi connectivity index (χ4n) is 1.83. The summed E-state index contributed by atoms with van der Waals surface area (Å²) >= 11 is 0. The second-order valence-corrected chi connectivity index (χ2v) is 5.02. The number of carboxylic acid groups (broad SMARTS) is 1. The molecule has 1 N–H and O–H groups in total. The molecule has 0 rings (SSSR count). The van der Waals surface area contributed by atoms with E-state index in [1.54, 1.807) is 0 Å². The summed E-state index contributed by atoms with van der Waals surface area (Å²) in [5, 5.41) is 8.48. The standard InChI is InChI=1S/C18H30O2/c1-2-3-4-5-6-7-8-9-10-11-12-13-14-15-16-17-18(19)20/h6-7,9-10,12-13H,2-5,8,11,14-17H2,1H3,(H,19,20)/b7-6+,10-9+,13-12-. The number of hydrogen-bond donors (Lipinski definition) is 1. The summed E-state index contributed by atoms with van der Waals surface area (Å²) in [4.78, 5) is 10.3. The first-order chi connectivity index (χ1) is 9.77. The molecule has 2 nitrogen and oxygen atoms in total. The first-order valence-electron chi connectivity index (χ1n) is 7.94. The summed E-state index contributed by atoms with van der Waals surface area (Å²) in [7, 11) is 0. The van der Waals surface area contributed by atoms with Crippen molar-refractivity contribution in [2.45, 2.75) is 71.1 Å². The number of rotatable bonds is 13. The zero-order valence-electron chi connectivity index (χ0n) is 12.9. The molecule has 0 fully saturated rings. The average Bonchev–Trinajstić information content (AvgIpc) is 2.43. The van der Waals surface area contributed by atoms with Gasteiger partial charge in [-0.3, -0.25) is 4.79 Å². The van der Waals surface area contributed by atoms with E-state index in [-0.39, 0.29) is 0 Å². The fraction of sp³-hybridized carbons (Fsp3) is 0.611. The van der Waals surface area contributed by atoms with Crippen molar-refractivity contribution >= 4 is 5.97 Å². The van der Waals surface area contributed by atoms with E-state index >= 15 is 0 Å². The molecule has 0 aromatic heterocycles. The minimum Gasteiger partial charge on any atom is -0.481 e. The van der Waals surface area contributed by atoms with Gasteiger partial charge in [-0.25, -0.2) is 0 Å². The van der Waals surface area contributed by atoms with Gasteiger partial charge in [0.05, 0.1) is 0 Å². The largest absolute Gasteiger partial charge is 0.481 e. The second-order valence-electron chi connectivity index (χ2n) is 5.02.